The molecule has 2 aromatic heterocycles. The quantitative estimate of drug-likeness (QED) is 0.201. The molecule has 1 aliphatic carbocycles. The van der Waals surface area contributed by atoms with Crippen molar-refractivity contribution in [2.75, 3.05) is 38.7 Å². The Morgan fingerprint density at radius 2 is 1.68 bits per heavy atom. The highest BCUT2D eigenvalue weighted by Gasteiger charge is 2.35. The first kappa shape index (κ1) is 32.4. The van der Waals surface area contributed by atoms with E-state index in [1.807, 2.05) is 61.5 Å². The number of carbonyl (C=O) groups excluding carboxylic acids is 2. The topological polar surface area (TPSA) is 134 Å². The van der Waals surface area contributed by atoms with Gasteiger partial charge in [-0.25, -0.2) is 9.48 Å². The standard InChI is InChI=1S/C36H43N7O4/c1-24-33(26-17-18-37-31(21-26)35(45)38-27-13-15-29(44)16-14-27)41-43(28-11-7-4-8-12-28)34(24)40-36(46)39-32-23-42(19-20-47-2)22-30(32)25-9-5-3-6-10-25/h3-12,17-18,21,27,29-30,32,44H,13-16,19-20,22-23H2,1-2H3,(H,38,45)(H2,39,40,46)/t27-,29+,30-,32+/m0/s1. The van der Waals surface area contributed by atoms with Gasteiger partial charge in [-0.1, -0.05) is 48.5 Å². The maximum absolute atomic E-state index is 13.7. The molecule has 1 saturated carbocycles. The van der Waals surface area contributed by atoms with Crippen molar-refractivity contribution < 1.29 is 19.4 Å². The zero-order valence-electron chi connectivity index (χ0n) is 26.9. The fraction of sp³-hybridized carbons (Fsp3) is 0.389. The van der Waals surface area contributed by atoms with Gasteiger partial charge in [-0.3, -0.25) is 20.0 Å². The van der Waals surface area contributed by atoms with E-state index in [1.165, 1.54) is 5.56 Å². The van der Waals surface area contributed by atoms with Gasteiger partial charge in [-0.2, -0.15) is 5.10 Å². The van der Waals surface area contributed by atoms with Crippen LogP contribution in [0.15, 0.2) is 79.0 Å². The fourth-order valence-electron chi connectivity index (χ4n) is 6.64. The van der Waals surface area contributed by atoms with Crippen LogP contribution in [0.1, 0.15) is 53.2 Å². The van der Waals surface area contributed by atoms with Crippen LogP contribution in [0.5, 0.6) is 0 Å². The van der Waals surface area contributed by atoms with Gasteiger partial charge in [0.1, 0.15) is 11.5 Å². The maximum Gasteiger partial charge on any atom is 0.320 e. The number of aliphatic hydroxyl groups is 1. The van der Waals surface area contributed by atoms with Crippen LogP contribution in [-0.4, -0.2) is 88.2 Å². The van der Waals surface area contributed by atoms with Crippen molar-refractivity contribution in [2.45, 2.75) is 56.7 Å². The second-order valence-electron chi connectivity index (χ2n) is 12.5. The molecule has 0 spiro atoms. The molecule has 246 valence electrons. The van der Waals surface area contributed by atoms with Gasteiger partial charge in [-0.15, -0.1) is 0 Å². The van der Waals surface area contributed by atoms with E-state index in [0.717, 1.165) is 37.2 Å². The zero-order valence-corrected chi connectivity index (χ0v) is 26.9. The molecule has 0 radical (unpaired) electrons. The minimum Gasteiger partial charge on any atom is -0.393 e. The SMILES string of the molecule is COCCN1C[C@@H](NC(=O)Nc2c(C)c(-c3ccnc(C(=O)N[C@H]4CC[C@@H](O)CC4)c3)nn2-c2ccccc2)[C@H](c2ccccc2)C1. The van der Waals surface area contributed by atoms with Crippen LogP contribution in [0.25, 0.3) is 16.9 Å². The van der Waals surface area contributed by atoms with Crippen molar-refractivity contribution in [3.8, 4) is 16.9 Å². The Morgan fingerprint density at radius 1 is 0.957 bits per heavy atom. The number of urea groups is 1. The van der Waals surface area contributed by atoms with Crippen LogP contribution < -0.4 is 16.0 Å². The number of nitrogens with one attached hydrogen (secondary N) is 3. The Morgan fingerprint density at radius 3 is 2.40 bits per heavy atom. The predicted molar refractivity (Wildman–Crippen MR) is 181 cm³/mol. The first-order chi connectivity index (χ1) is 22.9. The summed E-state index contributed by atoms with van der Waals surface area (Å²) < 4.78 is 7.05. The van der Waals surface area contributed by atoms with E-state index in [0.29, 0.717) is 48.8 Å². The van der Waals surface area contributed by atoms with Gasteiger partial charge in [0.15, 0.2) is 0 Å². The smallest absolute Gasteiger partial charge is 0.320 e. The molecule has 4 N–H and O–H groups in total. The number of ether oxygens (including phenoxy) is 1. The van der Waals surface area contributed by atoms with Crippen molar-refractivity contribution in [3.63, 3.8) is 0 Å². The molecule has 47 heavy (non-hydrogen) atoms. The van der Waals surface area contributed by atoms with E-state index >= 15 is 0 Å². The van der Waals surface area contributed by atoms with Gasteiger partial charge < -0.3 is 20.5 Å². The summed E-state index contributed by atoms with van der Waals surface area (Å²) in [6, 6.07) is 23.1. The minimum atomic E-state index is -0.316. The average Bonchev–Trinajstić information content (AvgIpc) is 3.65. The molecule has 6 rings (SSSR count). The van der Waals surface area contributed by atoms with Crippen LogP contribution in [-0.2, 0) is 4.74 Å². The number of pyridine rings is 1. The molecule has 2 atom stereocenters. The van der Waals surface area contributed by atoms with Crippen LogP contribution >= 0.6 is 0 Å². The Bertz CT molecular complexity index is 1650. The van der Waals surface area contributed by atoms with Crippen molar-refractivity contribution in [1.29, 1.82) is 0 Å². The van der Waals surface area contributed by atoms with Gasteiger partial charge >= 0.3 is 6.03 Å². The lowest BCUT2D eigenvalue weighted by atomic mass is 9.93. The number of nitrogens with zero attached hydrogens (tertiary/aromatic N) is 4. The number of carbonyl (C=O) groups is 2. The summed E-state index contributed by atoms with van der Waals surface area (Å²) in [5.74, 6) is 0.419. The van der Waals surface area contributed by atoms with Crippen molar-refractivity contribution in [2.24, 2.45) is 0 Å². The van der Waals surface area contributed by atoms with E-state index < -0.39 is 0 Å². The lowest BCUT2D eigenvalue weighted by Crippen LogP contribution is -2.42. The number of methoxy groups -OCH3 is 1. The number of hydrogen-bond donors (Lipinski definition) is 4. The van der Waals surface area contributed by atoms with Crippen molar-refractivity contribution in [1.82, 2.24) is 30.3 Å². The maximum atomic E-state index is 13.7. The first-order valence-electron chi connectivity index (χ1n) is 16.3. The van der Waals surface area contributed by atoms with Gasteiger partial charge in [0, 0.05) is 56.0 Å². The minimum absolute atomic E-state index is 0.0121. The highest BCUT2D eigenvalue weighted by Crippen LogP contribution is 2.32. The fourth-order valence-corrected chi connectivity index (χ4v) is 6.64. The molecule has 1 saturated heterocycles. The normalized spacial score (nSPS) is 21.3. The van der Waals surface area contributed by atoms with E-state index in [9.17, 15) is 14.7 Å². The highest BCUT2D eigenvalue weighted by atomic mass is 16.5. The van der Waals surface area contributed by atoms with E-state index in [2.05, 4.69) is 38.0 Å². The molecule has 2 fully saturated rings. The largest absolute Gasteiger partial charge is 0.393 e. The number of aliphatic hydroxyl groups excluding tert-OH is 1. The van der Waals surface area contributed by atoms with Gasteiger partial charge in [0.25, 0.3) is 5.91 Å². The number of anilines is 1. The second-order valence-corrected chi connectivity index (χ2v) is 12.5. The third kappa shape index (κ3) is 7.70. The molecule has 11 nitrogen and oxygen atoms in total. The van der Waals surface area contributed by atoms with E-state index in [4.69, 9.17) is 9.84 Å². The second kappa shape index (κ2) is 14.9. The first-order valence-corrected chi connectivity index (χ1v) is 16.3. The van der Waals surface area contributed by atoms with Crippen LogP contribution in [0.4, 0.5) is 10.6 Å². The highest BCUT2D eigenvalue weighted by molar-refractivity contribution is 5.94. The number of aromatic nitrogens is 3. The lowest BCUT2D eigenvalue weighted by molar-refractivity contribution is 0.0863. The zero-order chi connectivity index (χ0) is 32.8. The predicted octanol–water partition coefficient (Wildman–Crippen LogP) is 4.51. The number of amides is 3. The third-order valence-electron chi connectivity index (χ3n) is 9.20. The van der Waals surface area contributed by atoms with Gasteiger partial charge in [0.2, 0.25) is 0 Å². The molecule has 1 aliphatic heterocycles. The van der Waals surface area contributed by atoms with Crippen LogP contribution in [0.2, 0.25) is 0 Å². The summed E-state index contributed by atoms with van der Waals surface area (Å²) in [5, 5.41) is 24.2. The van der Waals surface area contributed by atoms with E-state index in [-0.39, 0.29) is 36.0 Å². The van der Waals surface area contributed by atoms with E-state index in [1.54, 1.807) is 24.1 Å². The van der Waals surface area contributed by atoms with Crippen molar-refractivity contribution in [3.05, 3.63) is 95.8 Å². The molecular weight excluding hydrogens is 594 g/mol. The van der Waals surface area contributed by atoms with Gasteiger partial charge in [0.05, 0.1) is 30.1 Å². The monoisotopic (exact) mass is 637 g/mol. The summed E-state index contributed by atoms with van der Waals surface area (Å²) in [6.45, 7) is 4.87. The Balaban J connectivity index is 1.24. The average molecular weight is 638 g/mol. The molecule has 3 amide bonds. The summed E-state index contributed by atoms with van der Waals surface area (Å²) >= 11 is 0. The number of benzene rings is 2. The Hall–Kier alpha value is -4.58. The van der Waals surface area contributed by atoms with Crippen molar-refractivity contribution >= 4 is 17.8 Å². The number of likely N-dealkylation sites (tertiary alicyclic amines) is 1. The number of rotatable bonds is 10. The third-order valence-corrected chi connectivity index (χ3v) is 9.20. The van der Waals surface area contributed by atoms with Gasteiger partial charge in [-0.05, 0) is 62.4 Å². The van der Waals surface area contributed by atoms with Crippen LogP contribution in [0, 0.1) is 6.92 Å². The number of hydrogen-bond acceptors (Lipinski definition) is 7. The molecule has 2 aliphatic rings. The molecule has 11 heteroatoms. The molecule has 0 bridgehead atoms. The lowest BCUT2D eigenvalue weighted by Gasteiger charge is -2.26. The molecule has 2 aromatic carbocycles. The summed E-state index contributed by atoms with van der Waals surface area (Å²) in [6.07, 6.45) is 4.14. The van der Waals surface area contributed by atoms with Crippen LogP contribution in [0.3, 0.4) is 0 Å². The summed E-state index contributed by atoms with van der Waals surface area (Å²) in [7, 11) is 1.70. The molecule has 3 heterocycles. The number of para-hydroxylation sites is 1. The molecular formula is C36H43N7O4. The molecule has 0 unspecified atom stereocenters. The summed E-state index contributed by atoms with van der Waals surface area (Å²) in [5.41, 5.74) is 4.38. The Labute approximate surface area is 275 Å². The summed E-state index contributed by atoms with van der Waals surface area (Å²) in [4.78, 5) is 33.5. The molecule has 4 aromatic rings. The Kier molecular flexibility index (Phi) is 10.3.